The first-order valence-corrected chi connectivity index (χ1v) is 5.95. The average Bonchev–Trinajstić information content (AvgIpc) is 2.65. The molecule has 0 atom stereocenters. The predicted molar refractivity (Wildman–Crippen MR) is 67.7 cm³/mol. The van der Waals surface area contributed by atoms with Gasteiger partial charge in [-0.1, -0.05) is 30.8 Å². The fourth-order valence-electron chi connectivity index (χ4n) is 1.33. The first kappa shape index (κ1) is 12.9. The molecule has 1 heterocycles. The van der Waals surface area contributed by atoms with Crippen LogP contribution in [0.25, 0.3) is 6.08 Å². The van der Waals surface area contributed by atoms with Crippen LogP contribution in [0.5, 0.6) is 0 Å². The van der Waals surface area contributed by atoms with Gasteiger partial charge in [-0.25, -0.2) is 0 Å². The van der Waals surface area contributed by atoms with Crippen LogP contribution in [-0.2, 0) is 0 Å². The van der Waals surface area contributed by atoms with Crippen LogP contribution in [0.4, 0.5) is 5.00 Å². The van der Waals surface area contributed by atoms with Crippen molar-refractivity contribution in [2.45, 2.75) is 13.8 Å². The number of hydrogen-bond acceptors (Lipinski definition) is 4. The van der Waals surface area contributed by atoms with Gasteiger partial charge >= 0.3 is 5.00 Å². The van der Waals surface area contributed by atoms with Crippen molar-refractivity contribution < 1.29 is 4.92 Å². The van der Waals surface area contributed by atoms with Gasteiger partial charge < -0.3 is 5.32 Å². The molecule has 0 radical (unpaired) electrons. The van der Waals surface area contributed by atoms with Crippen molar-refractivity contribution in [3.8, 4) is 0 Å². The summed E-state index contributed by atoms with van der Waals surface area (Å²) in [6.45, 7) is 5.04. The van der Waals surface area contributed by atoms with Crippen molar-refractivity contribution in [3.63, 3.8) is 0 Å². The second-order valence-electron chi connectivity index (χ2n) is 3.84. The van der Waals surface area contributed by atoms with E-state index in [1.54, 1.807) is 12.1 Å². The topological polar surface area (TPSA) is 55.2 Å². The summed E-state index contributed by atoms with van der Waals surface area (Å²) in [5, 5.41) is 13.8. The lowest BCUT2D eigenvalue weighted by atomic mass is 10.0. The highest BCUT2D eigenvalue weighted by atomic mass is 32.1. The number of nitrogens with zero attached hydrogens (tertiary/aromatic N) is 1. The van der Waals surface area contributed by atoms with Gasteiger partial charge in [-0.15, -0.1) is 0 Å². The lowest BCUT2D eigenvalue weighted by Crippen LogP contribution is -2.13. The van der Waals surface area contributed by atoms with E-state index in [1.165, 1.54) is 16.9 Å². The van der Waals surface area contributed by atoms with Crippen LogP contribution in [0, 0.1) is 16.0 Å². The van der Waals surface area contributed by atoms with Gasteiger partial charge in [0, 0.05) is 17.5 Å². The molecule has 0 aliphatic heterocycles. The number of nitrogens with one attached hydrogen (secondary N) is 1. The smallest absolute Gasteiger partial charge is 0.316 e. The third-order valence-corrected chi connectivity index (χ3v) is 3.23. The third kappa shape index (κ3) is 3.43. The molecule has 1 aromatic rings. The first-order chi connectivity index (χ1) is 7.54. The van der Waals surface area contributed by atoms with E-state index in [9.17, 15) is 10.1 Å². The van der Waals surface area contributed by atoms with Crippen LogP contribution < -0.4 is 5.32 Å². The summed E-state index contributed by atoms with van der Waals surface area (Å²) in [6.07, 6.45) is 2.03. The molecule has 0 aromatic carbocycles. The van der Waals surface area contributed by atoms with Gasteiger partial charge in [0.05, 0.1) is 4.92 Å². The third-order valence-electron chi connectivity index (χ3n) is 2.24. The summed E-state index contributed by atoms with van der Waals surface area (Å²) in [7, 11) is 1.90. The predicted octanol–water partition coefficient (Wildman–Crippen LogP) is 2.92. The summed E-state index contributed by atoms with van der Waals surface area (Å²) in [6, 6.07) is 3.34. The van der Waals surface area contributed by atoms with Crippen molar-refractivity contribution in [1.82, 2.24) is 5.32 Å². The minimum Gasteiger partial charge on any atom is -0.316 e. The Hall–Kier alpha value is -1.20. The van der Waals surface area contributed by atoms with Crippen molar-refractivity contribution in [2.24, 2.45) is 5.92 Å². The molecule has 0 saturated carbocycles. The lowest BCUT2D eigenvalue weighted by molar-refractivity contribution is -0.380. The van der Waals surface area contributed by atoms with Crippen LogP contribution in [0.2, 0.25) is 0 Å². The van der Waals surface area contributed by atoms with Crippen molar-refractivity contribution >= 4 is 22.4 Å². The van der Waals surface area contributed by atoms with Crippen LogP contribution in [0.15, 0.2) is 17.7 Å². The van der Waals surface area contributed by atoms with E-state index < -0.39 is 0 Å². The van der Waals surface area contributed by atoms with E-state index in [0.29, 0.717) is 5.92 Å². The van der Waals surface area contributed by atoms with E-state index in [4.69, 9.17) is 0 Å². The fraction of sp³-hybridized carbons (Fsp3) is 0.455. The number of nitro groups is 1. The second-order valence-corrected chi connectivity index (χ2v) is 4.93. The zero-order valence-corrected chi connectivity index (χ0v) is 10.5. The Morgan fingerprint density at radius 3 is 2.75 bits per heavy atom. The SMILES string of the molecule is CNC/C(=C/c1ccc([N+](=O)[O-])s1)C(C)C. The molecule has 0 bridgehead atoms. The molecule has 0 amide bonds. The van der Waals surface area contributed by atoms with Gasteiger partial charge in [-0.2, -0.15) is 0 Å². The highest BCUT2D eigenvalue weighted by molar-refractivity contribution is 7.16. The van der Waals surface area contributed by atoms with Crippen molar-refractivity contribution in [1.29, 1.82) is 0 Å². The molecule has 0 spiro atoms. The van der Waals surface area contributed by atoms with Gasteiger partial charge in [-0.3, -0.25) is 10.1 Å². The summed E-state index contributed by atoms with van der Waals surface area (Å²) in [4.78, 5) is 11.1. The molecular weight excluding hydrogens is 224 g/mol. The number of hydrogen-bond donors (Lipinski definition) is 1. The standard InChI is InChI=1S/C11H16N2O2S/c1-8(2)9(7-12-3)6-10-4-5-11(16-10)13(14)15/h4-6,8,12H,7H2,1-3H3/b9-6-. The van der Waals surface area contributed by atoms with Crippen LogP contribution >= 0.6 is 11.3 Å². The van der Waals surface area contributed by atoms with Crippen LogP contribution in [0.1, 0.15) is 18.7 Å². The fourth-order valence-corrected chi connectivity index (χ4v) is 2.13. The van der Waals surface area contributed by atoms with Crippen molar-refractivity contribution in [3.05, 3.63) is 32.7 Å². The molecule has 4 nitrogen and oxygen atoms in total. The molecule has 88 valence electrons. The number of thiophene rings is 1. The Balaban J connectivity index is 2.90. The van der Waals surface area contributed by atoms with E-state index >= 15 is 0 Å². The number of rotatable bonds is 5. The maximum absolute atomic E-state index is 10.5. The zero-order valence-electron chi connectivity index (χ0n) is 9.69. The molecule has 0 aliphatic carbocycles. The van der Waals surface area contributed by atoms with E-state index in [1.807, 2.05) is 13.1 Å². The summed E-state index contributed by atoms with van der Waals surface area (Å²) in [5.41, 5.74) is 1.25. The van der Waals surface area contributed by atoms with Gasteiger partial charge in [0.2, 0.25) is 0 Å². The molecule has 0 saturated heterocycles. The Bertz CT molecular complexity index is 396. The van der Waals surface area contributed by atoms with Crippen LogP contribution in [-0.4, -0.2) is 18.5 Å². The lowest BCUT2D eigenvalue weighted by Gasteiger charge is -2.09. The molecule has 0 aliphatic rings. The summed E-state index contributed by atoms with van der Waals surface area (Å²) >= 11 is 1.21. The maximum atomic E-state index is 10.5. The molecule has 5 heteroatoms. The van der Waals surface area contributed by atoms with E-state index in [2.05, 4.69) is 19.2 Å². The molecular formula is C11H16N2O2S. The Morgan fingerprint density at radius 1 is 1.62 bits per heavy atom. The van der Waals surface area contributed by atoms with E-state index in [-0.39, 0.29) is 9.92 Å². The highest BCUT2D eigenvalue weighted by Crippen LogP contribution is 2.26. The largest absolute Gasteiger partial charge is 0.324 e. The molecule has 0 unspecified atom stereocenters. The second kappa shape index (κ2) is 5.77. The molecule has 1 rings (SSSR count). The van der Waals surface area contributed by atoms with Crippen molar-refractivity contribution in [2.75, 3.05) is 13.6 Å². The maximum Gasteiger partial charge on any atom is 0.324 e. The zero-order chi connectivity index (χ0) is 12.1. The minimum atomic E-state index is -0.352. The van der Waals surface area contributed by atoms with Gasteiger partial charge in [0.1, 0.15) is 0 Å². The Morgan fingerprint density at radius 2 is 2.31 bits per heavy atom. The van der Waals surface area contributed by atoms with Gasteiger partial charge in [0.25, 0.3) is 0 Å². The first-order valence-electron chi connectivity index (χ1n) is 5.14. The highest BCUT2D eigenvalue weighted by Gasteiger charge is 2.09. The Kier molecular flexibility index (Phi) is 4.64. The molecule has 16 heavy (non-hydrogen) atoms. The number of likely N-dealkylation sites (N-methyl/N-ethyl adjacent to an activating group) is 1. The molecule has 0 fully saturated rings. The van der Waals surface area contributed by atoms with Gasteiger partial charge in [0.15, 0.2) is 0 Å². The van der Waals surface area contributed by atoms with E-state index in [0.717, 1.165) is 11.4 Å². The monoisotopic (exact) mass is 240 g/mol. The summed E-state index contributed by atoms with van der Waals surface area (Å²) < 4.78 is 0. The molecule has 1 aromatic heterocycles. The Labute approximate surface area is 99.1 Å². The van der Waals surface area contributed by atoms with Gasteiger partial charge in [-0.05, 0) is 25.1 Å². The average molecular weight is 240 g/mol. The quantitative estimate of drug-likeness (QED) is 0.636. The summed E-state index contributed by atoms with van der Waals surface area (Å²) in [5.74, 6) is 0.439. The van der Waals surface area contributed by atoms with Crippen LogP contribution in [0.3, 0.4) is 0 Å². The molecule has 1 N–H and O–H groups in total. The normalized spacial score (nSPS) is 12.1. The minimum absolute atomic E-state index is 0.193.